The third-order valence-electron chi connectivity index (χ3n) is 3.37. The first kappa shape index (κ1) is 9.72. The summed E-state index contributed by atoms with van der Waals surface area (Å²) in [5, 5.41) is 3.41. The Morgan fingerprint density at radius 2 is 2.00 bits per heavy atom. The number of nitrogens with one attached hydrogen (secondary N) is 1. The van der Waals surface area contributed by atoms with Crippen molar-refractivity contribution in [1.29, 1.82) is 0 Å². The SMILES string of the molecule is CCCC1(c2ccccc2C)CNC1. The largest absolute Gasteiger partial charge is 0.315 e. The molecule has 2 rings (SSSR count). The molecule has 1 heteroatoms. The molecule has 0 saturated carbocycles. The van der Waals surface area contributed by atoms with Gasteiger partial charge in [-0.25, -0.2) is 0 Å². The van der Waals surface area contributed by atoms with E-state index in [4.69, 9.17) is 0 Å². The molecule has 1 aliphatic rings. The Labute approximate surface area is 86.5 Å². The van der Waals surface area contributed by atoms with Gasteiger partial charge in [0, 0.05) is 18.5 Å². The smallest absolute Gasteiger partial charge is 0.0205 e. The van der Waals surface area contributed by atoms with Crippen LogP contribution in [0.1, 0.15) is 30.9 Å². The van der Waals surface area contributed by atoms with Crippen molar-refractivity contribution in [3.63, 3.8) is 0 Å². The number of hydrogen-bond donors (Lipinski definition) is 1. The predicted molar refractivity (Wildman–Crippen MR) is 60.6 cm³/mol. The molecule has 0 aromatic heterocycles. The molecule has 76 valence electrons. The van der Waals surface area contributed by atoms with Crippen molar-refractivity contribution in [3.05, 3.63) is 35.4 Å². The lowest BCUT2D eigenvalue weighted by atomic mass is 9.70. The van der Waals surface area contributed by atoms with E-state index in [0.717, 1.165) is 13.1 Å². The number of benzene rings is 1. The van der Waals surface area contributed by atoms with E-state index in [1.807, 2.05) is 0 Å². The minimum absolute atomic E-state index is 0.445. The maximum atomic E-state index is 3.41. The van der Waals surface area contributed by atoms with E-state index >= 15 is 0 Å². The van der Waals surface area contributed by atoms with Crippen LogP contribution >= 0.6 is 0 Å². The number of hydrogen-bond acceptors (Lipinski definition) is 1. The fraction of sp³-hybridized carbons (Fsp3) is 0.538. The lowest BCUT2D eigenvalue weighted by molar-refractivity contribution is 0.254. The van der Waals surface area contributed by atoms with Gasteiger partial charge in [-0.15, -0.1) is 0 Å². The summed E-state index contributed by atoms with van der Waals surface area (Å²) >= 11 is 0. The van der Waals surface area contributed by atoms with Crippen molar-refractivity contribution in [3.8, 4) is 0 Å². The standard InChI is InChI=1S/C13H19N/c1-3-8-13(9-14-10-13)12-7-5-4-6-11(12)2/h4-7,14H,3,8-10H2,1-2H3. The first-order valence-corrected chi connectivity index (χ1v) is 5.55. The van der Waals surface area contributed by atoms with Crippen LogP contribution in [-0.4, -0.2) is 13.1 Å². The summed E-state index contributed by atoms with van der Waals surface area (Å²) in [6.45, 7) is 6.82. The topological polar surface area (TPSA) is 12.0 Å². The monoisotopic (exact) mass is 189 g/mol. The molecule has 0 aliphatic carbocycles. The van der Waals surface area contributed by atoms with Gasteiger partial charge < -0.3 is 5.32 Å². The van der Waals surface area contributed by atoms with E-state index in [0.29, 0.717) is 5.41 Å². The van der Waals surface area contributed by atoms with Crippen molar-refractivity contribution in [1.82, 2.24) is 5.32 Å². The molecule has 14 heavy (non-hydrogen) atoms. The normalized spacial score (nSPS) is 19.0. The molecule has 1 heterocycles. The van der Waals surface area contributed by atoms with E-state index in [1.54, 1.807) is 5.56 Å². The minimum atomic E-state index is 0.445. The molecule has 0 amide bonds. The van der Waals surface area contributed by atoms with Crippen LogP contribution in [0, 0.1) is 6.92 Å². The second-order valence-corrected chi connectivity index (χ2v) is 4.45. The Morgan fingerprint density at radius 1 is 1.29 bits per heavy atom. The third-order valence-corrected chi connectivity index (χ3v) is 3.37. The quantitative estimate of drug-likeness (QED) is 0.770. The van der Waals surface area contributed by atoms with Crippen LogP contribution in [0.4, 0.5) is 0 Å². The molecule has 1 aliphatic heterocycles. The first-order chi connectivity index (χ1) is 6.78. The molecule has 1 saturated heterocycles. The summed E-state index contributed by atoms with van der Waals surface area (Å²) in [5.41, 5.74) is 3.45. The van der Waals surface area contributed by atoms with E-state index in [2.05, 4.69) is 43.4 Å². The number of aryl methyl sites for hydroxylation is 1. The van der Waals surface area contributed by atoms with Crippen LogP contribution < -0.4 is 5.32 Å². The second kappa shape index (κ2) is 3.74. The summed E-state index contributed by atoms with van der Waals surface area (Å²) in [7, 11) is 0. The third kappa shape index (κ3) is 1.46. The zero-order valence-corrected chi connectivity index (χ0v) is 9.14. The summed E-state index contributed by atoms with van der Waals surface area (Å²) in [6, 6.07) is 8.82. The van der Waals surface area contributed by atoms with E-state index in [9.17, 15) is 0 Å². The van der Waals surface area contributed by atoms with Crippen molar-refractivity contribution in [2.45, 2.75) is 32.1 Å². The maximum Gasteiger partial charge on any atom is 0.0205 e. The minimum Gasteiger partial charge on any atom is -0.315 e. The summed E-state index contributed by atoms with van der Waals surface area (Å²) in [6.07, 6.45) is 2.58. The molecule has 1 nitrogen and oxygen atoms in total. The van der Waals surface area contributed by atoms with Gasteiger partial charge in [0.25, 0.3) is 0 Å². The van der Waals surface area contributed by atoms with E-state index in [1.165, 1.54) is 18.4 Å². The fourth-order valence-corrected chi connectivity index (χ4v) is 2.58. The lowest BCUT2D eigenvalue weighted by Gasteiger charge is -2.44. The predicted octanol–water partition coefficient (Wildman–Crippen LogP) is 2.64. The average Bonchev–Trinajstić information content (AvgIpc) is 2.13. The highest BCUT2D eigenvalue weighted by Gasteiger charge is 2.38. The molecule has 1 aromatic carbocycles. The molecule has 1 fully saturated rings. The summed E-state index contributed by atoms with van der Waals surface area (Å²) in [5.74, 6) is 0. The van der Waals surface area contributed by atoms with Crippen LogP contribution in [0.5, 0.6) is 0 Å². The Kier molecular flexibility index (Phi) is 2.60. The van der Waals surface area contributed by atoms with Gasteiger partial charge in [0.1, 0.15) is 0 Å². The second-order valence-electron chi connectivity index (χ2n) is 4.45. The lowest BCUT2D eigenvalue weighted by Crippen LogP contribution is -2.57. The Balaban J connectivity index is 2.32. The van der Waals surface area contributed by atoms with Crippen LogP contribution in [0.2, 0.25) is 0 Å². The van der Waals surface area contributed by atoms with Gasteiger partial charge in [-0.3, -0.25) is 0 Å². The Bertz CT molecular complexity index is 313. The van der Waals surface area contributed by atoms with Crippen LogP contribution in [-0.2, 0) is 5.41 Å². The van der Waals surface area contributed by atoms with E-state index < -0.39 is 0 Å². The van der Waals surface area contributed by atoms with Crippen LogP contribution in [0.15, 0.2) is 24.3 Å². The Morgan fingerprint density at radius 3 is 2.50 bits per heavy atom. The van der Waals surface area contributed by atoms with E-state index in [-0.39, 0.29) is 0 Å². The zero-order chi connectivity index (χ0) is 10.0. The number of rotatable bonds is 3. The van der Waals surface area contributed by atoms with Gasteiger partial charge >= 0.3 is 0 Å². The zero-order valence-electron chi connectivity index (χ0n) is 9.14. The molecule has 1 aromatic rings. The van der Waals surface area contributed by atoms with Gasteiger partial charge in [0.05, 0.1) is 0 Å². The molecular formula is C13H19N. The van der Waals surface area contributed by atoms with Crippen molar-refractivity contribution < 1.29 is 0 Å². The first-order valence-electron chi connectivity index (χ1n) is 5.55. The molecule has 1 N–H and O–H groups in total. The Hall–Kier alpha value is -0.820. The summed E-state index contributed by atoms with van der Waals surface area (Å²) < 4.78 is 0. The molecule has 0 unspecified atom stereocenters. The van der Waals surface area contributed by atoms with Crippen molar-refractivity contribution >= 4 is 0 Å². The van der Waals surface area contributed by atoms with Gasteiger partial charge in [-0.1, -0.05) is 37.6 Å². The maximum absolute atomic E-state index is 3.41. The van der Waals surface area contributed by atoms with Gasteiger partial charge in [-0.05, 0) is 24.5 Å². The average molecular weight is 189 g/mol. The highest BCUT2D eigenvalue weighted by molar-refractivity contribution is 5.36. The molecule has 0 spiro atoms. The summed E-state index contributed by atoms with van der Waals surface area (Å²) in [4.78, 5) is 0. The van der Waals surface area contributed by atoms with Crippen LogP contribution in [0.3, 0.4) is 0 Å². The highest BCUT2D eigenvalue weighted by atomic mass is 15.0. The van der Waals surface area contributed by atoms with Gasteiger partial charge in [0.15, 0.2) is 0 Å². The van der Waals surface area contributed by atoms with Gasteiger partial charge in [0.2, 0.25) is 0 Å². The molecule has 0 radical (unpaired) electrons. The van der Waals surface area contributed by atoms with Crippen LogP contribution in [0.25, 0.3) is 0 Å². The van der Waals surface area contributed by atoms with Crippen molar-refractivity contribution in [2.75, 3.05) is 13.1 Å². The molecule has 0 atom stereocenters. The van der Waals surface area contributed by atoms with Gasteiger partial charge in [-0.2, -0.15) is 0 Å². The molecule has 0 bridgehead atoms. The highest BCUT2D eigenvalue weighted by Crippen LogP contribution is 2.35. The fourth-order valence-electron chi connectivity index (χ4n) is 2.58. The van der Waals surface area contributed by atoms with Crippen molar-refractivity contribution in [2.24, 2.45) is 0 Å². The molecular weight excluding hydrogens is 170 g/mol.